The van der Waals surface area contributed by atoms with E-state index in [1.807, 2.05) is 43.3 Å². The van der Waals surface area contributed by atoms with Gasteiger partial charge in [-0.1, -0.05) is 0 Å². The van der Waals surface area contributed by atoms with E-state index in [0.29, 0.717) is 16.2 Å². The molecule has 0 fully saturated rings. The molecule has 3 rings (SSSR count). The lowest BCUT2D eigenvalue weighted by molar-refractivity contribution is -0.384. The molecule has 2 aromatic carbocycles. The third-order valence-electron chi connectivity index (χ3n) is 3.72. The van der Waals surface area contributed by atoms with Crippen molar-refractivity contribution in [3.8, 4) is 11.4 Å². The maximum atomic E-state index is 10.7. The highest BCUT2D eigenvalue weighted by atomic mass is 32.1. The second kappa shape index (κ2) is 7.28. The third-order valence-corrected chi connectivity index (χ3v) is 3.98. The molecule has 0 atom stereocenters. The zero-order chi connectivity index (χ0) is 18.7. The van der Waals surface area contributed by atoms with Crippen molar-refractivity contribution in [2.45, 2.75) is 0 Å². The summed E-state index contributed by atoms with van der Waals surface area (Å²) >= 11 is 5.24. The number of hydrogen-bond donors (Lipinski definition) is 1. The summed E-state index contributed by atoms with van der Waals surface area (Å²) in [6.07, 6.45) is 1.58. The second-order valence-electron chi connectivity index (χ2n) is 5.70. The summed E-state index contributed by atoms with van der Waals surface area (Å²) in [5, 5.41) is 22.0. The molecule has 1 aromatic heterocycles. The normalized spacial score (nSPS) is 11.0. The van der Waals surface area contributed by atoms with Crippen LogP contribution in [-0.4, -0.2) is 40.1 Å². The summed E-state index contributed by atoms with van der Waals surface area (Å²) < 4.78 is 1.87. The molecule has 0 unspecified atom stereocenters. The zero-order valence-electron chi connectivity index (χ0n) is 14.2. The number of non-ortho nitro benzene ring substituents is 1. The fraction of sp³-hybridized carbons (Fsp3) is 0.118. The number of rotatable bonds is 5. The van der Waals surface area contributed by atoms with Gasteiger partial charge in [0.25, 0.3) is 5.69 Å². The van der Waals surface area contributed by atoms with Gasteiger partial charge in [-0.05, 0) is 54.2 Å². The first-order chi connectivity index (χ1) is 12.5. The standard InChI is InChI=1S/C17H16N6O2S/c1-21(2)14-9-5-13(6-10-14)16-19-20-17(26)22(16)18-11-12-3-7-15(8-4-12)23(24)25/h3-11H,1-2H3,(H,20,26). The summed E-state index contributed by atoms with van der Waals surface area (Å²) in [5.41, 5.74) is 2.68. The predicted molar refractivity (Wildman–Crippen MR) is 103 cm³/mol. The molecule has 1 N–H and O–H groups in total. The SMILES string of the molecule is CN(C)c1ccc(-c2n[nH]c(=S)n2N=Cc2ccc([N+](=O)[O-])cc2)cc1. The minimum Gasteiger partial charge on any atom is -0.378 e. The first-order valence-corrected chi connectivity index (χ1v) is 8.10. The minimum atomic E-state index is -0.442. The molecule has 0 saturated carbocycles. The molecule has 0 aliphatic heterocycles. The Balaban J connectivity index is 1.90. The van der Waals surface area contributed by atoms with Crippen molar-refractivity contribution in [3.05, 3.63) is 69.0 Å². The van der Waals surface area contributed by atoms with Crippen LogP contribution in [0, 0.1) is 14.9 Å². The van der Waals surface area contributed by atoms with Gasteiger partial charge in [0, 0.05) is 37.5 Å². The van der Waals surface area contributed by atoms with E-state index in [0.717, 1.165) is 11.3 Å². The van der Waals surface area contributed by atoms with Crippen LogP contribution in [0.15, 0.2) is 53.6 Å². The summed E-state index contributed by atoms with van der Waals surface area (Å²) in [6, 6.07) is 14.0. The zero-order valence-corrected chi connectivity index (χ0v) is 15.0. The van der Waals surface area contributed by atoms with E-state index in [-0.39, 0.29) is 5.69 Å². The number of benzene rings is 2. The molecule has 0 amide bonds. The molecule has 132 valence electrons. The Bertz CT molecular complexity index is 1000. The number of nitrogens with zero attached hydrogens (tertiary/aromatic N) is 5. The molecule has 0 aliphatic carbocycles. The quantitative estimate of drug-likeness (QED) is 0.322. The van der Waals surface area contributed by atoms with E-state index in [1.54, 1.807) is 18.3 Å². The highest BCUT2D eigenvalue weighted by Gasteiger charge is 2.09. The van der Waals surface area contributed by atoms with Gasteiger partial charge in [-0.2, -0.15) is 14.9 Å². The van der Waals surface area contributed by atoms with Crippen LogP contribution in [0.4, 0.5) is 11.4 Å². The lowest BCUT2D eigenvalue weighted by Gasteiger charge is -2.12. The van der Waals surface area contributed by atoms with Gasteiger partial charge in [-0.25, -0.2) is 5.10 Å². The van der Waals surface area contributed by atoms with E-state index >= 15 is 0 Å². The van der Waals surface area contributed by atoms with Crippen molar-refractivity contribution in [2.75, 3.05) is 19.0 Å². The average Bonchev–Trinajstić information content (AvgIpc) is 3.01. The molecule has 3 aromatic rings. The molecular weight excluding hydrogens is 352 g/mol. The Kier molecular flexibility index (Phi) is 4.90. The summed E-state index contributed by atoms with van der Waals surface area (Å²) in [7, 11) is 3.94. The Hall–Kier alpha value is -3.33. The van der Waals surface area contributed by atoms with Crippen LogP contribution >= 0.6 is 12.2 Å². The van der Waals surface area contributed by atoms with Crippen molar-refractivity contribution in [1.82, 2.24) is 14.9 Å². The van der Waals surface area contributed by atoms with E-state index in [4.69, 9.17) is 12.2 Å². The van der Waals surface area contributed by atoms with E-state index in [9.17, 15) is 10.1 Å². The van der Waals surface area contributed by atoms with Crippen LogP contribution in [0.25, 0.3) is 11.4 Å². The Morgan fingerprint density at radius 3 is 2.42 bits per heavy atom. The van der Waals surface area contributed by atoms with Crippen LogP contribution in [0.2, 0.25) is 0 Å². The Morgan fingerprint density at radius 2 is 1.85 bits per heavy atom. The summed E-state index contributed by atoms with van der Waals surface area (Å²) in [6.45, 7) is 0. The number of nitro groups is 1. The topological polar surface area (TPSA) is 92.3 Å². The van der Waals surface area contributed by atoms with Crippen molar-refractivity contribution in [1.29, 1.82) is 0 Å². The molecule has 0 aliphatic rings. The molecule has 0 spiro atoms. The minimum absolute atomic E-state index is 0.0312. The van der Waals surface area contributed by atoms with Crippen molar-refractivity contribution >= 4 is 29.8 Å². The number of nitrogens with one attached hydrogen (secondary N) is 1. The lowest BCUT2D eigenvalue weighted by Crippen LogP contribution is -2.08. The molecule has 1 heterocycles. The number of aromatic amines is 1. The molecule has 0 saturated heterocycles. The van der Waals surface area contributed by atoms with Gasteiger partial charge in [0.05, 0.1) is 11.1 Å². The van der Waals surface area contributed by atoms with Gasteiger partial charge >= 0.3 is 0 Å². The molecule has 26 heavy (non-hydrogen) atoms. The molecule has 8 nitrogen and oxygen atoms in total. The highest BCUT2D eigenvalue weighted by molar-refractivity contribution is 7.71. The van der Waals surface area contributed by atoms with Gasteiger partial charge in [0.1, 0.15) is 0 Å². The van der Waals surface area contributed by atoms with Crippen LogP contribution in [-0.2, 0) is 0 Å². The van der Waals surface area contributed by atoms with Gasteiger partial charge in [-0.3, -0.25) is 10.1 Å². The smallest absolute Gasteiger partial charge is 0.269 e. The Morgan fingerprint density at radius 1 is 1.19 bits per heavy atom. The first-order valence-electron chi connectivity index (χ1n) is 7.69. The van der Waals surface area contributed by atoms with Crippen molar-refractivity contribution < 1.29 is 4.92 Å². The van der Waals surface area contributed by atoms with Gasteiger partial charge in [-0.15, -0.1) is 0 Å². The fourth-order valence-electron chi connectivity index (χ4n) is 2.30. The summed E-state index contributed by atoms with van der Waals surface area (Å²) in [4.78, 5) is 12.3. The number of anilines is 1. The third kappa shape index (κ3) is 3.67. The molecule has 0 bridgehead atoms. The van der Waals surface area contributed by atoms with E-state index in [1.165, 1.54) is 16.8 Å². The van der Waals surface area contributed by atoms with Crippen LogP contribution in [0.1, 0.15) is 5.56 Å². The van der Waals surface area contributed by atoms with Gasteiger partial charge in [0.2, 0.25) is 4.77 Å². The Labute approximate surface area is 154 Å². The number of nitro benzene ring substituents is 1. The monoisotopic (exact) mass is 368 g/mol. The average molecular weight is 368 g/mol. The predicted octanol–water partition coefficient (Wildman–Crippen LogP) is 3.46. The van der Waals surface area contributed by atoms with Crippen LogP contribution in [0.5, 0.6) is 0 Å². The number of hydrogen-bond acceptors (Lipinski definition) is 6. The second-order valence-corrected chi connectivity index (χ2v) is 6.09. The van der Waals surface area contributed by atoms with E-state index < -0.39 is 4.92 Å². The maximum absolute atomic E-state index is 10.7. The van der Waals surface area contributed by atoms with Gasteiger partial charge in [0.15, 0.2) is 5.82 Å². The number of aromatic nitrogens is 3. The maximum Gasteiger partial charge on any atom is 0.269 e. The van der Waals surface area contributed by atoms with Gasteiger partial charge < -0.3 is 4.90 Å². The van der Waals surface area contributed by atoms with E-state index in [2.05, 4.69) is 15.3 Å². The largest absolute Gasteiger partial charge is 0.378 e. The first kappa shape index (κ1) is 17.5. The molecule has 9 heteroatoms. The van der Waals surface area contributed by atoms with Crippen LogP contribution < -0.4 is 4.90 Å². The number of H-pyrrole nitrogens is 1. The van der Waals surface area contributed by atoms with Crippen molar-refractivity contribution in [2.24, 2.45) is 5.10 Å². The fourth-order valence-corrected chi connectivity index (χ4v) is 2.48. The lowest BCUT2D eigenvalue weighted by atomic mass is 10.2. The van der Waals surface area contributed by atoms with Crippen molar-refractivity contribution in [3.63, 3.8) is 0 Å². The van der Waals surface area contributed by atoms with Crippen LogP contribution in [0.3, 0.4) is 0 Å². The highest BCUT2D eigenvalue weighted by Crippen LogP contribution is 2.21. The molecular formula is C17H16N6O2S. The molecule has 0 radical (unpaired) electrons. The summed E-state index contributed by atoms with van der Waals surface area (Å²) in [5.74, 6) is 0.582.